The molecular formula is C9H13N6O3+. The summed E-state index contributed by atoms with van der Waals surface area (Å²) in [5.74, 6) is 0.135. The molecule has 2 heterocycles. The van der Waals surface area contributed by atoms with Crippen molar-refractivity contribution in [2.24, 2.45) is 5.11 Å². The summed E-state index contributed by atoms with van der Waals surface area (Å²) in [6.07, 6.45) is 0.662. The van der Waals surface area contributed by atoms with Gasteiger partial charge in [-0.05, 0) is 6.07 Å². The van der Waals surface area contributed by atoms with E-state index < -0.39 is 24.1 Å². The summed E-state index contributed by atoms with van der Waals surface area (Å²) >= 11 is 0. The van der Waals surface area contributed by atoms with Crippen LogP contribution < -0.4 is 16.3 Å². The smallest absolute Gasteiger partial charge is 0.351 e. The normalized spacial score (nSPS) is 26.8. The Balaban J connectivity index is 2.25. The molecule has 1 aromatic rings. The van der Waals surface area contributed by atoms with Crippen LogP contribution in [0.25, 0.3) is 0 Å². The van der Waals surface area contributed by atoms with E-state index in [1.54, 1.807) is 0 Å². The van der Waals surface area contributed by atoms with E-state index in [0.717, 1.165) is 0 Å². The van der Waals surface area contributed by atoms with Gasteiger partial charge in [0.1, 0.15) is 28.8 Å². The van der Waals surface area contributed by atoms with E-state index in [1.165, 1.54) is 16.8 Å². The van der Waals surface area contributed by atoms with E-state index in [1.807, 2.05) is 0 Å². The molecule has 2 rings (SSSR count). The zero-order chi connectivity index (χ0) is 13.1. The Morgan fingerprint density at radius 1 is 1.78 bits per heavy atom. The molecule has 1 saturated heterocycles. The average Bonchev–Trinajstić information content (AvgIpc) is 2.72. The van der Waals surface area contributed by atoms with Gasteiger partial charge in [0.05, 0.1) is 6.61 Å². The summed E-state index contributed by atoms with van der Waals surface area (Å²) in [4.78, 5) is 18.2. The molecule has 0 saturated carbocycles. The molecule has 0 bridgehead atoms. The highest BCUT2D eigenvalue weighted by molar-refractivity contribution is 5.23. The molecule has 3 unspecified atom stereocenters. The van der Waals surface area contributed by atoms with Gasteiger partial charge < -0.3 is 15.6 Å². The first kappa shape index (κ1) is 12.4. The molecule has 0 spiro atoms. The number of hydrogen-bond donors (Lipinski definition) is 3. The molecule has 0 amide bonds. The molecule has 1 aliphatic heterocycles. The van der Waals surface area contributed by atoms with E-state index in [-0.39, 0.29) is 12.4 Å². The number of aliphatic hydroxyl groups is 1. The van der Waals surface area contributed by atoms with Gasteiger partial charge in [0.25, 0.3) is 0 Å². The summed E-state index contributed by atoms with van der Waals surface area (Å²) in [6.45, 7) is -0.253. The van der Waals surface area contributed by atoms with Gasteiger partial charge in [-0.2, -0.15) is 4.98 Å². The maximum absolute atomic E-state index is 11.6. The van der Waals surface area contributed by atoms with Crippen LogP contribution in [0.1, 0.15) is 12.6 Å². The van der Waals surface area contributed by atoms with E-state index in [9.17, 15) is 4.79 Å². The summed E-state index contributed by atoms with van der Waals surface area (Å²) in [7, 11) is 0. The lowest BCUT2D eigenvalue weighted by Crippen LogP contribution is -2.27. The molecule has 18 heavy (non-hydrogen) atoms. The van der Waals surface area contributed by atoms with Crippen LogP contribution in [0, 0.1) is 5.53 Å². The second kappa shape index (κ2) is 5.05. The number of aromatic nitrogens is 2. The second-order valence-corrected chi connectivity index (χ2v) is 3.87. The lowest BCUT2D eigenvalue weighted by atomic mass is 10.1. The molecule has 0 aliphatic carbocycles. The van der Waals surface area contributed by atoms with E-state index in [2.05, 4.69) is 15.0 Å². The van der Waals surface area contributed by atoms with Gasteiger partial charge in [-0.25, -0.2) is 4.79 Å². The Kier molecular flexibility index (Phi) is 3.47. The molecular weight excluding hydrogens is 240 g/mol. The monoisotopic (exact) mass is 253 g/mol. The van der Waals surface area contributed by atoms with Gasteiger partial charge in [0, 0.05) is 12.6 Å². The second-order valence-electron chi connectivity index (χ2n) is 3.87. The SMILES string of the molecule is N=[N+]=NC1CC(n2ccc(N)nc2=O)OC1CO. The van der Waals surface area contributed by atoms with Crippen molar-refractivity contribution in [3.8, 4) is 0 Å². The van der Waals surface area contributed by atoms with Crippen LogP contribution in [-0.4, -0.2) is 33.4 Å². The minimum atomic E-state index is -0.585. The van der Waals surface area contributed by atoms with Crippen molar-refractivity contribution in [1.29, 1.82) is 5.53 Å². The molecule has 4 N–H and O–H groups in total. The molecule has 1 aliphatic rings. The molecule has 96 valence electrons. The number of nitrogens with two attached hydrogens (primary N) is 1. The number of nitrogens with one attached hydrogen (secondary N) is 1. The lowest BCUT2D eigenvalue weighted by molar-refractivity contribution is -0.0272. The minimum Gasteiger partial charge on any atom is -0.394 e. The largest absolute Gasteiger partial charge is 0.394 e. The van der Waals surface area contributed by atoms with E-state index in [4.69, 9.17) is 21.1 Å². The van der Waals surface area contributed by atoms with Crippen LogP contribution in [0.5, 0.6) is 0 Å². The highest BCUT2D eigenvalue weighted by atomic mass is 16.5. The van der Waals surface area contributed by atoms with Crippen molar-refractivity contribution in [1.82, 2.24) is 14.5 Å². The number of anilines is 1. The maximum atomic E-state index is 11.6. The summed E-state index contributed by atoms with van der Waals surface area (Å²) in [6, 6.07) is 1.04. The first-order valence-corrected chi connectivity index (χ1v) is 5.33. The Labute approximate surface area is 101 Å². The van der Waals surface area contributed by atoms with Crippen LogP contribution >= 0.6 is 0 Å². The molecule has 9 nitrogen and oxygen atoms in total. The third-order valence-corrected chi connectivity index (χ3v) is 2.75. The van der Waals surface area contributed by atoms with Crippen LogP contribution in [0.4, 0.5) is 5.82 Å². The van der Waals surface area contributed by atoms with Crippen molar-refractivity contribution >= 4 is 5.82 Å². The number of aliphatic hydroxyl groups excluding tert-OH is 1. The summed E-state index contributed by atoms with van der Waals surface area (Å²) < 4.78 is 6.75. The maximum Gasteiger partial charge on any atom is 0.351 e. The first-order chi connectivity index (χ1) is 8.65. The number of ether oxygens (including phenoxy) is 1. The summed E-state index contributed by atoms with van der Waals surface area (Å²) in [5.41, 5.74) is 11.6. The molecule has 1 fully saturated rings. The number of hydrogen-bond acceptors (Lipinski definition) is 7. The Bertz CT molecular complexity index is 537. The molecule has 3 atom stereocenters. The third kappa shape index (κ3) is 2.28. The fourth-order valence-corrected chi connectivity index (χ4v) is 1.89. The highest BCUT2D eigenvalue weighted by Crippen LogP contribution is 2.29. The molecule has 0 aromatic carbocycles. The topological polar surface area (TPSA) is 141 Å². The molecule has 0 radical (unpaired) electrons. The highest BCUT2D eigenvalue weighted by Gasteiger charge is 2.39. The quantitative estimate of drug-likeness (QED) is 0.469. The predicted molar refractivity (Wildman–Crippen MR) is 59.6 cm³/mol. The van der Waals surface area contributed by atoms with Crippen molar-refractivity contribution in [2.45, 2.75) is 24.8 Å². The molecule has 1 aromatic heterocycles. The van der Waals surface area contributed by atoms with Crippen molar-refractivity contribution in [2.75, 3.05) is 12.3 Å². The molecule has 9 heteroatoms. The van der Waals surface area contributed by atoms with Gasteiger partial charge in [0.2, 0.25) is 4.91 Å². The Hall–Kier alpha value is -2.09. The van der Waals surface area contributed by atoms with Gasteiger partial charge in [-0.1, -0.05) is 0 Å². The van der Waals surface area contributed by atoms with Gasteiger partial charge in [-0.15, -0.1) is 0 Å². The van der Waals surface area contributed by atoms with Gasteiger partial charge in [0.15, 0.2) is 6.04 Å². The Morgan fingerprint density at radius 2 is 2.56 bits per heavy atom. The average molecular weight is 253 g/mol. The van der Waals surface area contributed by atoms with Crippen LogP contribution in [0.3, 0.4) is 0 Å². The van der Waals surface area contributed by atoms with Crippen LogP contribution in [0.2, 0.25) is 0 Å². The number of nitrogen functional groups attached to an aromatic ring is 1. The van der Waals surface area contributed by atoms with Crippen LogP contribution in [-0.2, 0) is 4.74 Å². The predicted octanol–water partition coefficient (Wildman–Crippen LogP) is -0.976. The van der Waals surface area contributed by atoms with Crippen molar-refractivity contribution in [3.63, 3.8) is 0 Å². The van der Waals surface area contributed by atoms with Gasteiger partial charge in [-0.3, -0.25) is 4.57 Å². The third-order valence-electron chi connectivity index (χ3n) is 2.75. The lowest BCUT2D eigenvalue weighted by Gasteiger charge is -2.13. The minimum absolute atomic E-state index is 0.135. The Morgan fingerprint density at radius 3 is 3.17 bits per heavy atom. The van der Waals surface area contributed by atoms with Crippen molar-refractivity contribution < 1.29 is 9.84 Å². The van der Waals surface area contributed by atoms with Crippen LogP contribution in [0.15, 0.2) is 22.2 Å². The fraction of sp³-hybridized carbons (Fsp3) is 0.556. The first-order valence-electron chi connectivity index (χ1n) is 5.33. The fourth-order valence-electron chi connectivity index (χ4n) is 1.89. The number of nitrogens with zero attached hydrogens (tertiary/aromatic N) is 4. The summed E-state index contributed by atoms with van der Waals surface area (Å²) in [5, 5.41) is 12.8. The number of rotatable bonds is 3. The standard InChI is InChI=1S/C9H12N6O3/c10-7-1-2-15(9(17)12-7)8-3-5(13-14-11)6(4-16)18-8/h1-2,5-6,8,11,16H,3-4H2,(H-,10,12,17)/p+1. The van der Waals surface area contributed by atoms with E-state index in [0.29, 0.717) is 6.42 Å². The zero-order valence-electron chi connectivity index (χ0n) is 9.43. The van der Waals surface area contributed by atoms with E-state index >= 15 is 0 Å². The van der Waals surface area contributed by atoms with Crippen molar-refractivity contribution in [3.05, 3.63) is 22.7 Å². The van der Waals surface area contributed by atoms with Gasteiger partial charge >= 0.3 is 5.69 Å². The zero-order valence-corrected chi connectivity index (χ0v) is 9.43.